The lowest BCUT2D eigenvalue weighted by Crippen LogP contribution is -2.40. The van der Waals surface area contributed by atoms with Crippen molar-refractivity contribution in [1.29, 1.82) is 0 Å². The molecule has 20 heavy (non-hydrogen) atoms. The average molecular weight is 274 g/mol. The van der Waals surface area contributed by atoms with Crippen LogP contribution in [-0.4, -0.2) is 36.6 Å². The van der Waals surface area contributed by atoms with Crippen molar-refractivity contribution in [2.75, 3.05) is 24.5 Å². The van der Waals surface area contributed by atoms with Crippen molar-refractivity contribution in [3.63, 3.8) is 0 Å². The third-order valence-corrected chi connectivity index (χ3v) is 4.16. The molecule has 1 aromatic carbocycles. The number of carboxylic acid groups (broad SMARTS) is 1. The summed E-state index contributed by atoms with van der Waals surface area (Å²) in [6, 6.07) is 5.20. The lowest BCUT2D eigenvalue weighted by Gasteiger charge is -2.32. The number of benzene rings is 1. The molecule has 0 aromatic heterocycles. The van der Waals surface area contributed by atoms with Gasteiger partial charge in [0.05, 0.1) is 11.5 Å². The molecule has 1 amide bonds. The SMILES string of the molecule is O=C(O)c1cccc2c1CCCN2C(=O)C1CCNC1. The number of rotatable bonds is 2. The molecule has 1 unspecified atom stereocenters. The summed E-state index contributed by atoms with van der Waals surface area (Å²) in [6.07, 6.45) is 2.41. The maximum absolute atomic E-state index is 12.6. The average Bonchev–Trinajstić information content (AvgIpc) is 2.99. The van der Waals surface area contributed by atoms with Crippen molar-refractivity contribution in [2.24, 2.45) is 5.92 Å². The highest BCUT2D eigenvalue weighted by Crippen LogP contribution is 2.31. The van der Waals surface area contributed by atoms with Crippen LogP contribution in [0.4, 0.5) is 5.69 Å². The van der Waals surface area contributed by atoms with E-state index in [1.807, 2.05) is 6.07 Å². The van der Waals surface area contributed by atoms with Crippen molar-refractivity contribution in [1.82, 2.24) is 5.32 Å². The molecule has 1 saturated heterocycles. The van der Waals surface area contributed by atoms with Crippen LogP contribution in [0.25, 0.3) is 0 Å². The van der Waals surface area contributed by atoms with Gasteiger partial charge in [-0.25, -0.2) is 4.79 Å². The Labute approximate surface area is 117 Å². The second kappa shape index (κ2) is 5.25. The summed E-state index contributed by atoms with van der Waals surface area (Å²) in [6.45, 7) is 2.29. The zero-order chi connectivity index (χ0) is 14.1. The smallest absolute Gasteiger partial charge is 0.336 e. The molecule has 2 heterocycles. The van der Waals surface area contributed by atoms with Crippen molar-refractivity contribution in [2.45, 2.75) is 19.3 Å². The number of carboxylic acids is 1. The molecular formula is C15H18N2O3. The van der Waals surface area contributed by atoms with E-state index in [0.29, 0.717) is 12.1 Å². The number of fused-ring (bicyclic) bond motifs is 1. The Hall–Kier alpha value is -1.88. The molecule has 106 valence electrons. The van der Waals surface area contributed by atoms with Gasteiger partial charge in [0.2, 0.25) is 5.91 Å². The van der Waals surface area contributed by atoms with Crippen LogP contribution in [-0.2, 0) is 11.2 Å². The van der Waals surface area contributed by atoms with Crippen molar-refractivity contribution >= 4 is 17.6 Å². The van der Waals surface area contributed by atoms with Gasteiger partial charge < -0.3 is 15.3 Å². The highest BCUT2D eigenvalue weighted by Gasteiger charge is 2.31. The summed E-state index contributed by atoms with van der Waals surface area (Å²) in [7, 11) is 0. The minimum atomic E-state index is -0.918. The Kier molecular flexibility index (Phi) is 3.44. The van der Waals surface area contributed by atoms with E-state index in [2.05, 4.69) is 5.32 Å². The number of aromatic carboxylic acids is 1. The summed E-state index contributed by atoms with van der Waals surface area (Å²) in [4.78, 5) is 25.7. The molecule has 2 aliphatic heterocycles. The molecule has 2 N–H and O–H groups in total. The Morgan fingerprint density at radius 3 is 2.90 bits per heavy atom. The molecule has 3 rings (SSSR count). The second-order valence-corrected chi connectivity index (χ2v) is 5.39. The first-order valence-corrected chi connectivity index (χ1v) is 7.06. The molecule has 0 spiro atoms. The van der Waals surface area contributed by atoms with E-state index in [4.69, 9.17) is 0 Å². The van der Waals surface area contributed by atoms with Crippen LogP contribution in [0.2, 0.25) is 0 Å². The van der Waals surface area contributed by atoms with E-state index in [-0.39, 0.29) is 11.8 Å². The van der Waals surface area contributed by atoms with Crippen LogP contribution in [0.5, 0.6) is 0 Å². The van der Waals surface area contributed by atoms with Gasteiger partial charge in [0.15, 0.2) is 0 Å². The minimum Gasteiger partial charge on any atom is -0.478 e. The second-order valence-electron chi connectivity index (χ2n) is 5.39. The Bertz CT molecular complexity index is 550. The number of nitrogens with zero attached hydrogens (tertiary/aromatic N) is 1. The number of carbonyl (C=O) groups excluding carboxylic acids is 1. The van der Waals surface area contributed by atoms with E-state index >= 15 is 0 Å². The third kappa shape index (κ3) is 2.18. The lowest BCUT2D eigenvalue weighted by atomic mass is 9.95. The molecule has 2 aliphatic rings. The van der Waals surface area contributed by atoms with Crippen LogP contribution in [0.1, 0.15) is 28.8 Å². The number of hydrogen-bond acceptors (Lipinski definition) is 3. The maximum atomic E-state index is 12.6. The Morgan fingerprint density at radius 2 is 2.20 bits per heavy atom. The summed E-state index contributed by atoms with van der Waals surface area (Å²) < 4.78 is 0. The molecule has 5 heteroatoms. The van der Waals surface area contributed by atoms with Gasteiger partial charge in [-0.15, -0.1) is 0 Å². The van der Waals surface area contributed by atoms with Gasteiger partial charge in [0.1, 0.15) is 0 Å². The zero-order valence-corrected chi connectivity index (χ0v) is 11.3. The molecule has 5 nitrogen and oxygen atoms in total. The fourth-order valence-corrected chi connectivity index (χ4v) is 3.14. The Balaban J connectivity index is 1.95. The van der Waals surface area contributed by atoms with Crippen molar-refractivity contribution in [3.05, 3.63) is 29.3 Å². The van der Waals surface area contributed by atoms with Gasteiger partial charge in [0, 0.05) is 18.8 Å². The van der Waals surface area contributed by atoms with E-state index in [9.17, 15) is 14.7 Å². The Morgan fingerprint density at radius 1 is 1.35 bits per heavy atom. The largest absolute Gasteiger partial charge is 0.478 e. The highest BCUT2D eigenvalue weighted by atomic mass is 16.4. The molecule has 0 aliphatic carbocycles. The first kappa shape index (κ1) is 13.1. The molecule has 1 aromatic rings. The van der Waals surface area contributed by atoms with E-state index in [1.54, 1.807) is 17.0 Å². The number of nitrogens with one attached hydrogen (secondary N) is 1. The molecule has 0 saturated carbocycles. The van der Waals surface area contributed by atoms with Gasteiger partial charge in [-0.1, -0.05) is 6.07 Å². The summed E-state index contributed by atoms with van der Waals surface area (Å²) in [5.41, 5.74) is 1.91. The van der Waals surface area contributed by atoms with Gasteiger partial charge in [-0.05, 0) is 43.5 Å². The van der Waals surface area contributed by atoms with Crippen molar-refractivity contribution in [3.8, 4) is 0 Å². The predicted octanol–water partition coefficient (Wildman–Crippen LogP) is 1.27. The number of hydrogen-bond donors (Lipinski definition) is 2. The zero-order valence-electron chi connectivity index (χ0n) is 11.3. The van der Waals surface area contributed by atoms with E-state index in [1.165, 1.54) is 0 Å². The van der Waals surface area contributed by atoms with E-state index < -0.39 is 5.97 Å². The van der Waals surface area contributed by atoms with Crippen molar-refractivity contribution < 1.29 is 14.7 Å². The number of amides is 1. The molecule has 1 atom stereocenters. The quantitative estimate of drug-likeness (QED) is 0.852. The van der Waals surface area contributed by atoms with Crippen LogP contribution < -0.4 is 10.2 Å². The molecule has 1 fully saturated rings. The van der Waals surface area contributed by atoms with Crippen LogP contribution in [0, 0.1) is 5.92 Å². The summed E-state index contributed by atoms with van der Waals surface area (Å²) in [5, 5.41) is 12.5. The monoisotopic (exact) mass is 274 g/mol. The normalized spacial score (nSPS) is 21.6. The highest BCUT2D eigenvalue weighted by molar-refractivity contribution is 5.99. The fourth-order valence-electron chi connectivity index (χ4n) is 3.14. The molecule has 0 bridgehead atoms. The van der Waals surface area contributed by atoms with Crippen LogP contribution >= 0.6 is 0 Å². The predicted molar refractivity (Wildman–Crippen MR) is 75.1 cm³/mol. The topological polar surface area (TPSA) is 69.6 Å². The molecular weight excluding hydrogens is 256 g/mol. The standard InChI is InChI=1S/C15H18N2O3/c18-14(10-6-7-16-9-10)17-8-2-4-11-12(15(19)20)3-1-5-13(11)17/h1,3,5,10,16H,2,4,6-9H2,(H,19,20). The van der Waals surface area contributed by atoms with Gasteiger partial charge >= 0.3 is 5.97 Å². The maximum Gasteiger partial charge on any atom is 0.336 e. The van der Waals surface area contributed by atoms with Crippen LogP contribution in [0.3, 0.4) is 0 Å². The lowest BCUT2D eigenvalue weighted by molar-refractivity contribution is -0.121. The van der Waals surface area contributed by atoms with Crippen LogP contribution in [0.15, 0.2) is 18.2 Å². The van der Waals surface area contributed by atoms with Gasteiger partial charge in [-0.2, -0.15) is 0 Å². The molecule has 0 radical (unpaired) electrons. The summed E-state index contributed by atoms with van der Waals surface area (Å²) in [5.74, 6) is -0.772. The summed E-state index contributed by atoms with van der Waals surface area (Å²) >= 11 is 0. The number of anilines is 1. The van der Waals surface area contributed by atoms with E-state index in [0.717, 1.165) is 43.6 Å². The van der Waals surface area contributed by atoms with Gasteiger partial charge in [0.25, 0.3) is 0 Å². The first-order chi connectivity index (χ1) is 9.68. The van der Waals surface area contributed by atoms with Gasteiger partial charge in [-0.3, -0.25) is 4.79 Å². The third-order valence-electron chi connectivity index (χ3n) is 4.16. The number of carbonyl (C=O) groups is 2. The minimum absolute atomic E-state index is 0.0226. The fraction of sp³-hybridized carbons (Fsp3) is 0.467. The first-order valence-electron chi connectivity index (χ1n) is 7.06.